The average Bonchev–Trinajstić information content (AvgIpc) is 3.16. The molecule has 1 aliphatic heterocycles. The molecule has 0 aliphatic carbocycles. The summed E-state index contributed by atoms with van der Waals surface area (Å²) in [6, 6.07) is 18.8. The molecule has 0 unspecified atom stereocenters. The van der Waals surface area contributed by atoms with E-state index in [1.54, 1.807) is 65.6 Å². The van der Waals surface area contributed by atoms with Gasteiger partial charge in [-0.15, -0.1) is 0 Å². The van der Waals surface area contributed by atoms with Crippen LogP contribution in [0.1, 0.15) is 32.3 Å². The first kappa shape index (κ1) is 29.6. The summed E-state index contributed by atoms with van der Waals surface area (Å²) in [5.74, 6) is 0.857. The standard InChI is InChI=1S/C30H31Cl2N3O4S/c1-3-17-39-25-11-7-22(8-12-25)33-28(36)19-27-29(37)35(23-9-13-24(14-10-23)38-4-2)30(40)34(27)16-15-20-5-6-21(31)18-26(20)32/h5-14,18,27H,3-4,15-17,19H2,1-2H3,(H,33,36)/t27-/m0/s1. The van der Waals surface area contributed by atoms with Crippen LogP contribution in [0.25, 0.3) is 0 Å². The van der Waals surface area contributed by atoms with Gasteiger partial charge in [-0.05, 0) is 98.2 Å². The number of nitrogens with one attached hydrogen (secondary N) is 1. The maximum absolute atomic E-state index is 13.7. The molecule has 2 amide bonds. The largest absolute Gasteiger partial charge is 0.494 e. The van der Waals surface area contributed by atoms with Crippen molar-refractivity contribution >= 4 is 63.7 Å². The smallest absolute Gasteiger partial charge is 0.256 e. The lowest BCUT2D eigenvalue weighted by molar-refractivity contribution is -0.124. The Kier molecular flexibility index (Phi) is 10.3. The van der Waals surface area contributed by atoms with Crippen molar-refractivity contribution in [2.45, 2.75) is 39.2 Å². The summed E-state index contributed by atoms with van der Waals surface area (Å²) in [5, 5.41) is 4.29. The molecule has 0 bridgehead atoms. The highest BCUT2D eigenvalue weighted by molar-refractivity contribution is 7.80. The lowest BCUT2D eigenvalue weighted by Crippen LogP contribution is -2.39. The molecule has 0 aromatic heterocycles. The molecule has 40 heavy (non-hydrogen) atoms. The number of rotatable bonds is 12. The Labute approximate surface area is 250 Å². The Morgan fingerprint density at radius 2 is 1.65 bits per heavy atom. The van der Waals surface area contributed by atoms with Crippen LogP contribution in [0.4, 0.5) is 11.4 Å². The number of carbonyl (C=O) groups excluding carboxylic acids is 2. The first-order valence-corrected chi connectivity index (χ1v) is 14.3. The van der Waals surface area contributed by atoms with Crippen LogP contribution in [0.2, 0.25) is 10.0 Å². The number of anilines is 2. The molecule has 1 saturated heterocycles. The van der Waals surface area contributed by atoms with E-state index >= 15 is 0 Å². The molecule has 1 heterocycles. The number of thiocarbonyl (C=S) groups is 1. The van der Waals surface area contributed by atoms with Gasteiger partial charge in [0.05, 0.1) is 25.3 Å². The number of ether oxygens (including phenoxy) is 2. The van der Waals surface area contributed by atoms with E-state index in [0.29, 0.717) is 58.5 Å². The van der Waals surface area contributed by atoms with Gasteiger partial charge >= 0.3 is 0 Å². The van der Waals surface area contributed by atoms with Crippen molar-refractivity contribution in [2.24, 2.45) is 0 Å². The predicted molar refractivity (Wildman–Crippen MR) is 164 cm³/mol. The average molecular weight is 601 g/mol. The molecule has 0 radical (unpaired) electrons. The Bertz CT molecular complexity index is 1350. The summed E-state index contributed by atoms with van der Waals surface area (Å²) in [4.78, 5) is 30.1. The van der Waals surface area contributed by atoms with E-state index in [4.69, 9.17) is 44.9 Å². The van der Waals surface area contributed by atoms with E-state index in [0.717, 1.165) is 17.7 Å². The highest BCUT2D eigenvalue weighted by Gasteiger charge is 2.44. The fourth-order valence-electron chi connectivity index (χ4n) is 4.39. The fraction of sp³-hybridized carbons (Fsp3) is 0.300. The van der Waals surface area contributed by atoms with Crippen molar-refractivity contribution in [3.8, 4) is 11.5 Å². The molecule has 3 aromatic rings. The van der Waals surface area contributed by atoms with Crippen molar-refractivity contribution in [3.63, 3.8) is 0 Å². The molecule has 0 saturated carbocycles. The van der Waals surface area contributed by atoms with Crippen molar-refractivity contribution < 1.29 is 19.1 Å². The van der Waals surface area contributed by atoms with Crippen LogP contribution >= 0.6 is 35.4 Å². The van der Waals surface area contributed by atoms with E-state index in [1.807, 2.05) is 19.9 Å². The number of carbonyl (C=O) groups is 2. The first-order valence-electron chi connectivity index (χ1n) is 13.1. The minimum absolute atomic E-state index is 0.0745. The number of amides is 2. The van der Waals surface area contributed by atoms with Gasteiger partial charge in [0, 0.05) is 22.3 Å². The van der Waals surface area contributed by atoms with Crippen LogP contribution in [0, 0.1) is 0 Å². The number of halogens is 2. The molecule has 3 aromatic carbocycles. The normalized spacial score (nSPS) is 14.9. The van der Waals surface area contributed by atoms with Gasteiger partial charge in [0.15, 0.2) is 5.11 Å². The highest BCUT2D eigenvalue weighted by Crippen LogP contribution is 2.30. The Morgan fingerprint density at radius 1 is 0.975 bits per heavy atom. The van der Waals surface area contributed by atoms with Crippen LogP contribution in [-0.2, 0) is 16.0 Å². The summed E-state index contributed by atoms with van der Waals surface area (Å²) < 4.78 is 11.1. The van der Waals surface area contributed by atoms with E-state index in [9.17, 15) is 9.59 Å². The first-order chi connectivity index (χ1) is 19.3. The molecule has 7 nitrogen and oxygen atoms in total. The van der Waals surface area contributed by atoms with Crippen LogP contribution < -0.4 is 19.7 Å². The Balaban J connectivity index is 1.52. The third-order valence-electron chi connectivity index (χ3n) is 6.35. The van der Waals surface area contributed by atoms with Gasteiger partial charge in [-0.3, -0.25) is 14.5 Å². The zero-order chi connectivity index (χ0) is 28.6. The lowest BCUT2D eigenvalue weighted by Gasteiger charge is -2.24. The molecular formula is C30H31Cl2N3O4S. The van der Waals surface area contributed by atoms with Gasteiger partial charge in [-0.1, -0.05) is 36.2 Å². The quantitative estimate of drug-likeness (QED) is 0.232. The van der Waals surface area contributed by atoms with Crippen molar-refractivity contribution in [2.75, 3.05) is 30.0 Å². The van der Waals surface area contributed by atoms with E-state index in [-0.39, 0.29) is 18.2 Å². The third-order valence-corrected chi connectivity index (χ3v) is 7.36. The van der Waals surface area contributed by atoms with Crippen LogP contribution in [-0.4, -0.2) is 47.6 Å². The minimum Gasteiger partial charge on any atom is -0.494 e. The van der Waals surface area contributed by atoms with Crippen molar-refractivity contribution in [3.05, 3.63) is 82.3 Å². The summed E-state index contributed by atoms with van der Waals surface area (Å²) in [6.45, 7) is 5.49. The Hall–Kier alpha value is -3.33. The maximum atomic E-state index is 13.7. The topological polar surface area (TPSA) is 71.1 Å². The molecule has 0 spiro atoms. The maximum Gasteiger partial charge on any atom is 0.256 e. The third kappa shape index (κ3) is 7.24. The summed E-state index contributed by atoms with van der Waals surface area (Å²) in [7, 11) is 0. The van der Waals surface area contributed by atoms with Crippen molar-refractivity contribution in [1.29, 1.82) is 0 Å². The van der Waals surface area contributed by atoms with E-state index in [2.05, 4.69) is 5.32 Å². The summed E-state index contributed by atoms with van der Waals surface area (Å²) >= 11 is 18.2. The molecule has 1 fully saturated rings. The van der Waals surface area contributed by atoms with Crippen LogP contribution in [0.3, 0.4) is 0 Å². The lowest BCUT2D eigenvalue weighted by atomic mass is 10.1. The Morgan fingerprint density at radius 3 is 2.30 bits per heavy atom. The minimum atomic E-state index is -0.780. The highest BCUT2D eigenvalue weighted by atomic mass is 35.5. The number of nitrogens with zero attached hydrogens (tertiary/aromatic N) is 2. The summed E-state index contributed by atoms with van der Waals surface area (Å²) in [6.07, 6.45) is 1.34. The molecular weight excluding hydrogens is 569 g/mol. The predicted octanol–water partition coefficient (Wildman–Crippen LogP) is 6.75. The van der Waals surface area contributed by atoms with E-state index in [1.165, 1.54) is 4.90 Å². The van der Waals surface area contributed by atoms with Crippen LogP contribution in [0.5, 0.6) is 11.5 Å². The SMILES string of the molecule is CCCOc1ccc(NC(=O)C[C@H]2C(=O)N(c3ccc(OCC)cc3)C(=S)N2CCc2ccc(Cl)cc2Cl)cc1. The number of benzene rings is 3. The summed E-state index contributed by atoms with van der Waals surface area (Å²) in [5.41, 5.74) is 2.10. The fourth-order valence-corrected chi connectivity index (χ4v) is 5.31. The molecule has 1 aliphatic rings. The molecule has 210 valence electrons. The van der Waals surface area contributed by atoms with Gasteiger partial charge in [0.25, 0.3) is 5.91 Å². The molecule has 1 atom stereocenters. The molecule has 1 N–H and O–H groups in total. The van der Waals surface area contributed by atoms with Crippen molar-refractivity contribution in [1.82, 2.24) is 4.90 Å². The zero-order valence-electron chi connectivity index (χ0n) is 22.4. The monoisotopic (exact) mass is 599 g/mol. The van der Waals surface area contributed by atoms with E-state index < -0.39 is 6.04 Å². The van der Waals surface area contributed by atoms with Gasteiger partial charge in [0.2, 0.25) is 5.91 Å². The zero-order valence-corrected chi connectivity index (χ0v) is 24.7. The van der Waals surface area contributed by atoms with Gasteiger partial charge in [0.1, 0.15) is 17.5 Å². The number of hydrogen-bond donors (Lipinski definition) is 1. The van der Waals surface area contributed by atoms with Gasteiger partial charge in [-0.2, -0.15) is 0 Å². The number of hydrogen-bond acceptors (Lipinski definition) is 5. The van der Waals surface area contributed by atoms with Gasteiger partial charge in [-0.25, -0.2) is 0 Å². The molecule has 4 rings (SSSR count). The second kappa shape index (κ2) is 13.8. The molecule has 10 heteroatoms. The second-order valence-electron chi connectivity index (χ2n) is 9.20. The van der Waals surface area contributed by atoms with Crippen LogP contribution in [0.15, 0.2) is 66.7 Å². The second-order valence-corrected chi connectivity index (χ2v) is 10.4. The van der Waals surface area contributed by atoms with Gasteiger partial charge < -0.3 is 19.7 Å².